The van der Waals surface area contributed by atoms with Crippen LogP contribution >= 0.6 is 0 Å². The third kappa shape index (κ3) is 4.46. The van der Waals surface area contributed by atoms with Crippen LogP contribution in [0.3, 0.4) is 0 Å². The Morgan fingerprint density at radius 2 is 1.68 bits per heavy atom. The molecule has 0 saturated carbocycles. The number of halogens is 1. The fourth-order valence-corrected chi connectivity index (χ4v) is 4.37. The predicted molar refractivity (Wildman–Crippen MR) is 127 cm³/mol. The number of Topliss-reactive ketones (excluding diaryl/α,β-unsaturated/α-hetero) is 1. The summed E-state index contributed by atoms with van der Waals surface area (Å²) in [7, 11) is 3.06. The van der Waals surface area contributed by atoms with E-state index < -0.39 is 17.5 Å². The van der Waals surface area contributed by atoms with Crippen LogP contribution in [-0.4, -0.2) is 108 Å². The van der Waals surface area contributed by atoms with Crippen LogP contribution in [0.15, 0.2) is 29.3 Å². The maximum absolute atomic E-state index is 13.3. The van der Waals surface area contributed by atoms with Crippen LogP contribution in [0, 0.1) is 11.2 Å². The highest BCUT2D eigenvalue weighted by Gasteiger charge is 2.53. The molecule has 1 unspecified atom stereocenters. The number of amidine groups is 2. The van der Waals surface area contributed by atoms with Gasteiger partial charge in [-0.25, -0.2) is 13.8 Å². The van der Waals surface area contributed by atoms with Gasteiger partial charge in [0.1, 0.15) is 18.9 Å². The summed E-state index contributed by atoms with van der Waals surface area (Å²) in [5.41, 5.74) is 0.409. The molecule has 3 aliphatic rings. The van der Waals surface area contributed by atoms with Gasteiger partial charge in [-0.2, -0.15) is 0 Å². The normalized spacial score (nSPS) is 21.9. The van der Waals surface area contributed by atoms with E-state index in [9.17, 15) is 18.8 Å². The van der Waals surface area contributed by atoms with Gasteiger partial charge in [-0.15, -0.1) is 0 Å². The number of amides is 3. The molecule has 1 aromatic rings. The van der Waals surface area contributed by atoms with E-state index in [0.717, 1.165) is 36.8 Å². The van der Waals surface area contributed by atoms with Crippen LogP contribution in [0.5, 0.6) is 0 Å². The lowest BCUT2D eigenvalue weighted by Gasteiger charge is -2.35. The van der Waals surface area contributed by atoms with Crippen LogP contribution in [0.2, 0.25) is 0 Å². The van der Waals surface area contributed by atoms with Crippen LogP contribution in [0.1, 0.15) is 20.8 Å². The number of benzene rings is 1. The molecule has 0 N–H and O–H groups in total. The van der Waals surface area contributed by atoms with Gasteiger partial charge < -0.3 is 4.90 Å². The van der Waals surface area contributed by atoms with E-state index in [4.69, 9.17) is 4.99 Å². The number of piperazine rings is 1. The Hall–Kier alpha value is -3.14. The number of fused-ring (bicyclic) bond motifs is 1. The van der Waals surface area contributed by atoms with Gasteiger partial charge >= 0.3 is 11.9 Å². The van der Waals surface area contributed by atoms with Gasteiger partial charge in [0.2, 0.25) is 0 Å². The first-order valence-electron chi connectivity index (χ1n) is 11.5. The van der Waals surface area contributed by atoms with Gasteiger partial charge in [-0.1, -0.05) is 20.8 Å². The molecule has 4 rings (SSSR count). The average Bonchev–Trinajstić information content (AvgIpc) is 3.14. The van der Waals surface area contributed by atoms with Crippen molar-refractivity contribution < 1.29 is 23.3 Å². The zero-order chi connectivity index (χ0) is 24.8. The maximum atomic E-state index is 13.3. The Kier molecular flexibility index (Phi) is 6.28. The summed E-state index contributed by atoms with van der Waals surface area (Å²) in [5, 5.41) is 0. The minimum atomic E-state index is -0.783. The van der Waals surface area contributed by atoms with Gasteiger partial charge in [-0.05, 0) is 29.3 Å². The van der Waals surface area contributed by atoms with E-state index in [0.29, 0.717) is 18.2 Å². The predicted octanol–water partition coefficient (Wildman–Crippen LogP) is 1.28. The fourth-order valence-electron chi connectivity index (χ4n) is 4.37. The van der Waals surface area contributed by atoms with Crippen molar-refractivity contribution >= 4 is 35.1 Å². The molecule has 0 radical (unpaired) electrons. The number of likely N-dealkylation sites (N-methyl/N-ethyl adjacent to an activating group) is 2. The largest absolute Gasteiger partial charge is 0.369 e. The number of urea groups is 1. The van der Waals surface area contributed by atoms with E-state index in [1.165, 1.54) is 24.1 Å². The molecule has 1 atom stereocenters. The molecule has 3 amide bonds. The summed E-state index contributed by atoms with van der Waals surface area (Å²) in [5.74, 6) is 0.359. The number of hydrogen-bond donors (Lipinski definition) is 0. The molecule has 0 bridgehead atoms. The molecule has 9 nitrogen and oxygen atoms in total. The molecule has 0 aliphatic carbocycles. The number of imide groups is 1. The SMILES string of the molecule is CN1C(=O)C2C(=NC(CN3CCN(c4ccc(F)cc4)CC3)=[N+]2CC(=O)C(C)(C)C)N(C)C1=O. The van der Waals surface area contributed by atoms with Gasteiger partial charge in [0.05, 0.1) is 0 Å². The number of carbonyl (C=O) groups excluding carboxylic acids is 3. The molecule has 2 fully saturated rings. The van der Waals surface area contributed by atoms with Crippen LogP contribution in [-0.2, 0) is 9.59 Å². The third-order valence-electron chi connectivity index (χ3n) is 6.69. The maximum Gasteiger partial charge on any atom is 0.333 e. The van der Waals surface area contributed by atoms with Crippen molar-refractivity contribution in [3.05, 3.63) is 30.1 Å². The van der Waals surface area contributed by atoms with E-state index >= 15 is 0 Å². The first-order chi connectivity index (χ1) is 16.0. The molecular weight excluding hydrogens is 439 g/mol. The van der Waals surface area contributed by atoms with E-state index in [1.807, 2.05) is 20.8 Å². The Bertz CT molecular complexity index is 1070. The minimum absolute atomic E-state index is 0.00224. The molecule has 34 heavy (non-hydrogen) atoms. The standard InChI is InChI=1S/C24H32FN6O3/c1-24(2,3)18(32)14-31-19(26-21-20(31)22(33)28(5)23(34)27(21)4)15-29-10-12-30(13-11-29)17-8-6-16(25)7-9-17/h6-9,20H,10-15H2,1-5H3/q+1. The topological polar surface area (TPSA) is 79.5 Å². The highest BCUT2D eigenvalue weighted by atomic mass is 19.1. The molecule has 182 valence electrons. The number of ketones is 1. The van der Waals surface area contributed by atoms with Gasteiger partial charge in [0.25, 0.3) is 17.8 Å². The molecule has 3 heterocycles. The van der Waals surface area contributed by atoms with Crippen molar-refractivity contribution in [1.29, 1.82) is 0 Å². The zero-order valence-corrected chi connectivity index (χ0v) is 20.4. The summed E-state index contributed by atoms with van der Waals surface area (Å²) in [6.45, 7) is 9.10. The number of rotatable bonds is 5. The molecule has 10 heteroatoms. The van der Waals surface area contributed by atoms with Crippen molar-refractivity contribution in [2.24, 2.45) is 10.4 Å². The third-order valence-corrected chi connectivity index (χ3v) is 6.69. The Balaban J connectivity index is 1.55. The van der Waals surface area contributed by atoms with Crippen LogP contribution in [0.25, 0.3) is 0 Å². The first kappa shape index (κ1) is 24.0. The van der Waals surface area contributed by atoms with Gasteiger partial charge in [0.15, 0.2) is 5.78 Å². The number of anilines is 1. The number of carbonyl (C=O) groups is 3. The van der Waals surface area contributed by atoms with Crippen molar-refractivity contribution in [3.63, 3.8) is 0 Å². The Labute approximate surface area is 199 Å². The second-order valence-corrected chi connectivity index (χ2v) is 10.1. The zero-order valence-electron chi connectivity index (χ0n) is 20.4. The Morgan fingerprint density at radius 1 is 1.06 bits per heavy atom. The summed E-state index contributed by atoms with van der Waals surface area (Å²) >= 11 is 0. The monoisotopic (exact) mass is 471 g/mol. The molecule has 0 spiro atoms. The highest BCUT2D eigenvalue weighted by Crippen LogP contribution is 2.23. The summed E-state index contributed by atoms with van der Waals surface area (Å²) in [4.78, 5) is 50.0. The lowest BCUT2D eigenvalue weighted by molar-refractivity contribution is -0.525. The van der Waals surface area contributed by atoms with Crippen LogP contribution < -0.4 is 4.90 Å². The lowest BCUT2D eigenvalue weighted by Crippen LogP contribution is -2.62. The summed E-state index contributed by atoms with van der Waals surface area (Å²) in [6, 6.07) is 5.27. The lowest BCUT2D eigenvalue weighted by atomic mass is 9.90. The fraction of sp³-hybridized carbons (Fsp3) is 0.542. The summed E-state index contributed by atoms with van der Waals surface area (Å²) < 4.78 is 15.0. The van der Waals surface area contributed by atoms with E-state index in [-0.39, 0.29) is 24.1 Å². The molecule has 2 saturated heterocycles. The first-order valence-corrected chi connectivity index (χ1v) is 11.5. The average molecular weight is 472 g/mol. The molecule has 1 aromatic carbocycles. The molecule has 3 aliphatic heterocycles. The van der Waals surface area contributed by atoms with E-state index in [1.54, 1.807) is 23.8 Å². The second-order valence-electron chi connectivity index (χ2n) is 10.1. The van der Waals surface area contributed by atoms with Crippen LogP contribution in [0.4, 0.5) is 14.9 Å². The van der Waals surface area contributed by atoms with E-state index in [2.05, 4.69) is 9.80 Å². The molecule has 0 aromatic heterocycles. The van der Waals surface area contributed by atoms with Crippen molar-refractivity contribution in [1.82, 2.24) is 14.7 Å². The second kappa shape index (κ2) is 8.90. The quantitative estimate of drug-likeness (QED) is 0.605. The highest BCUT2D eigenvalue weighted by molar-refractivity contribution is 6.23. The number of nitrogens with zero attached hydrogens (tertiary/aromatic N) is 6. The van der Waals surface area contributed by atoms with Crippen molar-refractivity contribution in [2.45, 2.75) is 26.8 Å². The minimum Gasteiger partial charge on any atom is -0.369 e. The van der Waals surface area contributed by atoms with Gasteiger partial charge in [-0.3, -0.25) is 24.3 Å². The number of hydrogen-bond acceptors (Lipinski definition) is 6. The number of aliphatic imine (C=N–C) groups is 1. The summed E-state index contributed by atoms with van der Waals surface area (Å²) in [6.07, 6.45) is 0. The smallest absolute Gasteiger partial charge is 0.333 e. The van der Waals surface area contributed by atoms with Crippen molar-refractivity contribution in [3.8, 4) is 0 Å². The Morgan fingerprint density at radius 3 is 2.26 bits per heavy atom. The van der Waals surface area contributed by atoms with Crippen molar-refractivity contribution in [2.75, 3.05) is 58.3 Å². The molecular formula is C24H32FN6O3+. The van der Waals surface area contributed by atoms with Gasteiger partial charge in [0, 0.05) is 51.4 Å².